The Morgan fingerprint density at radius 2 is 1.76 bits per heavy atom. The fourth-order valence-corrected chi connectivity index (χ4v) is 6.01. The van der Waals surface area contributed by atoms with Crippen LogP contribution in [0.15, 0.2) is 47.1 Å². The van der Waals surface area contributed by atoms with Crippen molar-refractivity contribution in [2.75, 3.05) is 6.61 Å². The molecule has 1 aromatic carbocycles. The monoisotopic (exact) mass is 336 g/mol. The predicted molar refractivity (Wildman–Crippen MR) is 95.0 cm³/mol. The highest BCUT2D eigenvalue weighted by Crippen LogP contribution is 2.60. The second kappa shape index (κ2) is 5.76. The van der Waals surface area contributed by atoms with E-state index < -0.39 is 0 Å². The summed E-state index contributed by atoms with van der Waals surface area (Å²) in [6.45, 7) is 0.598. The van der Waals surface area contributed by atoms with E-state index in [-0.39, 0.29) is 11.4 Å². The van der Waals surface area contributed by atoms with E-state index >= 15 is 0 Å². The Balaban J connectivity index is 1.29. The SMILES string of the molecule is O=C(OCC12CC3CC(CC(C3)C1)C2)c1cccc(-c2ccco2)c1. The third-order valence-electron chi connectivity index (χ3n) is 6.58. The molecular formula is C22H24O3. The summed E-state index contributed by atoms with van der Waals surface area (Å²) in [5, 5.41) is 0. The Bertz CT molecular complexity index is 739. The van der Waals surface area contributed by atoms with E-state index in [1.807, 2.05) is 36.4 Å². The van der Waals surface area contributed by atoms with Crippen LogP contribution in [0.3, 0.4) is 0 Å². The molecule has 1 aromatic heterocycles. The minimum atomic E-state index is -0.204. The van der Waals surface area contributed by atoms with Crippen LogP contribution in [0.25, 0.3) is 11.3 Å². The summed E-state index contributed by atoms with van der Waals surface area (Å²) in [5.74, 6) is 3.21. The minimum Gasteiger partial charge on any atom is -0.464 e. The van der Waals surface area contributed by atoms with E-state index in [4.69, 9.17) is 9.15 Å². The van der Waals surface area contributed by atoms with Crippen LogP contribution < -0.4 is 0 Å². The van der Waals surface area contributed by atoms with Gasteiger partial charge in [-0.15, -0.1) is 0 Å². The quantitative estimate of drug-likeness (QED) is 0.709. The van der Waals surface area contributed by atoms with Crippen molar-refractivity contribution < 1.29 is 13.9 Å². The molecule has 4 aliphatic rings. The number of rotatable bonds is 4. The molecule has 6 rings (SSSR count). The minimum absolute atomic E-state index is 0.204. The first-order chi connectivity index (χ1) is 12.2. The Morgan fingerprint density at radius 3 is 2.40 bits per heavy atom. The molecule has 0 unspecified atom stereocenters. The van der Waals surface area contributed by atoms with Crippen molar-refractivity contribution in [2.24, 2.45) is 23.2 Å². The summed E-state index contributed by atoms with van der Waals surface area (Å²) < 4.78 is 11.2. The first kappa shape index (κ1) is 15.2. The molecule has 0 amide bonds. The number of benzene rings is 1. The molecule has 0 radical (unpaired) electrons. The highest BCUT2D eigenvalue weighted by atomic mass is 16.5. The van der Waals surface area contributed by atoms with Crippen molar-refractivity contribution in [2.45, 2.75) is 38.5 Å². The lowest BCUT2D eigenvalue weighted by molar-refractivity contribution is -0.0848. The van der Waals surface area contributed by atoms with Crippen LogP contribution in [0.5, 0.6) is 0 Å². The van der Waals surface area contributed by atoms with Crippen LogP contribution >= 0.6 is 0 Å². The van der Waals surface area contributed by atoms with E-state index in [1.54, 1.807) is 6.26 Å². The largest absolute Gasteiger partial charge is 0.464 e. The van der Waals surface area contributed by atoms with Crippen molar-refractivity contribution >= 4 is 5.97 Å². The number of esters is 1. The molecule has 130 valence electrons. The number of ether oxygens (including phenoxy) is 1. The number of hydrogen-bond donors (Lipinski definition) is 0. The maximum Gasteiger partial charge on any atom is 0.338 e. The fourth-order valence-electron chi connectivity index (χ4n) is 6.01. The zero-order chi connectivity index (χ0) is 16.9. The van der Waals surface area contributed by atoms with E-state index in [0.717, 1.165) is 29.1 Å². The van der Waals surface area contributed by atoms with Crippen LogP contribution in [-0.2, 0) is 4.74 Å². The molecule has 0 spiro atoms. The lowest BCUT2D eigenvalue weighted by Crippen LogP contribution is -2.48. The molecule has 1 heterocycles. The van der Waals surface area contributed by atoms with Crippen LogP contribution in [0.2, 0.25) is 0 Å². The predicted octanol–water partition coefficient (Wildman–Crippen LogP) is 5.32. The van der Waals surface area contributed by atoms with Gasteiger partial charge in [-0.1, -0.05) is 12.1 Å². The van der Waals surface area contributed by atoms with Crippen LogP contribution in [0, 0.1) is 23.2 Å². The van der Waals surface area contributed by atoms with Gasteiger partial charge < -0.3 is 9.15 Å². The second-order valence-electron chi connectivity index (χ2n) is 8.55. The summed E-state index contributed by atoms with van der Waals surface area (Å²) in [7, 11) is 0. The van der Waals surface area contributed by atoms with Crippen molar-refractivity contribution in [1.29, 1.82) is 0 Å². The Labute approximate surface area is 148 Å². The fraction of sp³-hybridized carbons (Fsp3) is 0.500. The van der Waals surface area contributed by atoms with Gasteiger partial charge in [-0.05, 0) is 80.5 Å². The summed E-state index contributed by atoms with van der Waals surface area (Å²) in [4.78, 5) is 12.6. The van der Waals surface area contributed by atoms with Gasteiger partial charge in [0.1, 0.15) is 5.76 Å². The van der Waals surface area contributed by atoms with Gasteiger partial charge in [-0.2, -0.15) is 0 Å². The smallest absolute Gasteiger partial charge is 0.338 e. The third-order valence-corrected chi connectivity index (χ3v) is 6.58. The number of carbonyl (C=O) groups is 1. The van der Waals surface area contributed by atoms with Gasteiger partial charge in [0.2, 0.25) is 0 Å². The van der Waals surface area contributed by atoms with E-state index in [2.05, 4.69) is 0 Å². The van der Waals surface area contributed by atoms with Gasteiger partial charge >= 0.3 is 5.97 Å². The van der Waals surface area contributed by atoms with Crippen LogP contribution in [0.1, 0.15) is 48.9 Å². The van der Waals surface area contributed by atoms with Gasteiger partial charge in [0, 0.05) is 11.0 Å². The lowest BCUT2D eigenvalue weighted by Gasteiger charge is -2.56. The Morgan fingerprint density at radius 1 is 1.04 bits per heavy atom. The van der Waals surface area contributed by atoms with Crippen molar-refractivity contribution in [3.63, 3.8) is 0 Å². The molecule has 25 heavy (non-hydrogen) atoms. The first-order valence-corrected chi connectivity index (χ1v) is 9.50. The molecule has 4 saturated carbocycles. The molecule has 0 N–H and O–H groups in total. The summed E-state index contributed by atoms with van der Waals surface area (Å²) >= 11 is 0. The molecule has 2 aromatic rings. The summed E-state index contributed by atoms with van der Waals surface area (Å²) in [5.41, 5.74) is 1.79. The van der Waals surface area contributed by atoms with Gasteiger partial charge in [0.25, 0.3) is 0 Å². The average molecular weight is 336 g/mol. The number of furan rings is 1. The molecule has 3 heteroatoms. The molecule has 4 bridgehead atoms. The molecular weight excluding hydrogens is 312 g/mol. The van der Waals surface area contributed by atoms with E-state index in [9.17, 15) is 4.79 Å². The zero-order valence-electron chi connectivity index (χ0n) is 14.4. The van der Waals surface area contributed by atoms with Gasteiger partial charge in [0.15, 0.2) is 0 Å². The molecule has 4 fully saturated rings. The normalized spacial score (nSPS) is 32.7. The lowest BCUT2D eigenvalue weighted by atomic mass is 9.50. The average Bonchev–Trinajstić information content (AvgIpc) is 3.13. The Hall–Kier alpha value is -2.03. The van der Waals surface area contributed by atoms with Crippen molar-refractivity contribution in [3.05, 3.63) is 48.2 Å². The van der Waals surface area contributed by atoms with E-state index in [0.29, 0.717) is 12.2 Å². The first-order valence-electron chi connectivity index (χ1n) is 9.50. The summed E-state index contributed by atoms with van der Waals surface area (Å²) in [6.07, 6.45) is 9.68. The highest BCUT2D eigenvalue weighted by Gasteiger charge is 2.51. The second-order valence-corrected chi connectivity index (χ2v) is 8.55. The van der Waals surface area contributed by atoms with Gasteiger partial charge in [-0.25, -0.2) is 4.79 Å². The molecule has 4 aliphatic carbocycles. The Kier molecular flexibility index (Phi) is 3.51. The standard InChI is InChI=1S/C22H24O3/c23-21(19-4-1-3-18(10-19)20-5-2-6-24-20)25-14-22-11-15-7-16(12-22)9-17(8-15)13-22/h1-6,10,15-17H,7-9,11-14H2. The summed E-state index contributed by atoms with van der Waals surface area (Å²) in [6, 6.07) is 11.3. The van der Waals surface area contributed by atoms with Crippen molar-refractivity contribution in [1.82, 2.24) is 0 Å². The van der Waals surface area contributed by atoms with E-state index in [1.165, 1.54) is 38.5 Å². The third kappa shape index (κ3) is 2.80. The molecule has 3 nitrogen and oxygen atoms in total. The number of carbonyl (C=O) groups excluding carboxylic acids is 1. The zero-order valence-corrected chi connectivity index (χ0v) is 14.4. The molecule has 0 saturated heterocycles. The van der Waals surface area contributed by atoms with Crippen LogP contribution in [-0.4, -0.2) is 12.6 Å². The maximum atomic E-state index is 12.6. The highest BCUT2D eigenvalue weighted by molar-refractivity contribution is 5.90. The molecule has 0 aliphatic heterocycles. The maximum absolute atomic E-state index is 12.6. The van der Waals surface area contributed by atoms with Crippen molar-refractivity contribution in [3.8, 4) is 11.3 Å². The van der Waals surface area contributed by atoms with Crippen LogP contribution in [0.4, 0.5) is 0 Å². The number of hydrogen-bond acceptors (Lipinski definition) is 3. The van der Waals surface area contributed by atoms with Gasteiger partial charge in [-0.3, -0.25) is 0 Å². The topological polar surface area (TPSA) is 39.4 Å². The molecule has 0 atom stereocenters. The van der Waals surface area contributed by atoms with Gasteiger partial charge in [0.05, 0.1) is 18.4 Å².